The van der Waals surface area contributed by atoms with Gasteiger partial charge in [-0.25, -0.2) is 13.4 Å². The highest BCUT2D eigenvalue weighted by Crippen LogP contribution is 2.35. The van der Waals surface area contributed by atoms with E-state index < -0.39 is 15.7 Å². The summed E-state index contributed by atoms with van der Waals surface area (Å²) in [4.78, 5) is 16.7. The van der Waals surface area contributed by atoms with Gasteiger partial charge < -0.3 is 0 Å². The number of hydrogen-bond donors (Lipinski definition) is 1. The third-order valence-corrected chi connectivity index (χ3v) is 6.04. The number of carbonyl (C=O) groups excluding carboxylic acids is 1. The number of carbonyl (C=O) groups is 1. The summed E-state index contributed by atoms with van der Waals surface area (Å²) in [5.41, 5.74) is 0.732. The monoisotopic (exact) mass is 400 g/mol. The topological polar surface area (TPSA) is 76.1 Å². The maximum atomic E-state index is 12.3. The minimum Gasteiger partial charge on any atom is -0.298 e. The van der Waals surface area contributed by atoms with Crippen LogP contribution in [-0.2, 0) is 9.84 Å². The lowest BCUT2D eigenvalue weighted by Gasteiger charge is -2.03. The van der Waals surface area contributed by atoms with Gasteiger partial charge in [-0.15, -0.1) is 0 Å². The van der Waals surface area contributed by atoms with Gasteiger partial charge in [-0.05, 0) is 30.3 Å². The number of sulfone groups is 1. The average Bonchev–Trinajstić information content (AvgIpc) is 2.94. The van der Waals surface area contributed by atoms with E-state index in [2.05, 4.69) is 10.3 Å². The van der Waals surface area contributed by atoms with E-state index in [-0.39, 0.29) is 10.5 Å². The lowest BCUT2D eigenvalue weighted by molar-refractivity contribution is 0.102. The molecular weight excluding hydrogens is 391 g/mol. The molecule has 0 saturated heterocycles. The highest BCUT2D eigenvalue weighted by molar-refractivity contribution is 7.90. The minimum atomic E-state index is -3.39. The number of hydrogen-bond acceptors (Lipinski definition) is 5. The van der Waals surface area contributed by atoms with Crippen LogP contribution in [0.5, 0.6) is 0 Å². The van der Waals surface area contributed by atoms with Gasteiger partial charge in [0.2, 0.25) is 0 Å². The summed E-state index contributed by atoms with van der Waals surface area (Å²) in [5.74, 6) is -0.457. The van der Waals surface area contributed by atoms with Crippen molar-refractivity contribution in [1.29, 1.82) is 0 Å². The molecule has 0 spiro atoms. The number of rotatable bonds is 3. The summed E-state index contributed by atoms with van der Waals surface area (Å²) in [6.45, 7) is 0. The second-order valence-corrected chi connectivity index (χ2v) is 8.81. The zero-order valence-corrected chi connectivity index (χ0v) is 15.4. The van der Waals surface area contributed by atoms with Gasteiger partial charge in [0.1, 0.15) is 5.52 Å². The number of thiazole rings is 1. The number of halogens is 2. The van der Waals surface area contributed by atoms with Crippen molar-refractivity contribution in [2.75, 3.05) is 11.6 Å². The molecule has 1 aromatic heterocycles. The predicted molar refractivity (Wildman–Crippen MR) is 97.1 cm³/mol. The Balaban J connectivity index is 1.92. The third-order valence-electron chi connectivity index (χ3n) is 3.20. The first-order valence-corrected chi connectivity index (χ1v) is 10.1. The average molecular weight is 401 g/mol. The lowest BCUT2D eigenvalue weighted by atomic mass is 10.2. The summed E-state index contributed by atoms with van der Waals surface area (Å²) in [7, 11) is -3.39. The largest absolute Gasteiger partial charge is 0.298 e. The Bertz CT molecular complexity index is 1060. The second-order valence-electron chi connectivity index (χ2n) is 4.98. The first-order chi connectivity index (χ1) is 11.3. The van der Waals surface area contributed by atoms with Crippen molar-refractivity contribution < 1.29 is 13.2 Å². The standard InChI is InChI=1S/C15H10Cl2N2O3S2/c1-24(21,22)9-4-2-3-8(7-9)14(20)19-15-18-13-11(23-15)6-5-10(16)12(13)17/h2-7H,1H3,(H,18,19,20). The van der Waals surface area contributed by atoms with Crippen molar-refractivity contribution >= 4 is 65.6 Å². The van der Waals surface area contributed by atoms with Gasteiger partial charge in [0, 0.05) is 11.8 Å². The minimum absolute atomic E-state index is 0.0780. The molecule has 0 fully saturated rings. The van der Waals surface area contributed by atoms with E-state index >= 15 is 0 Å². The molecule has 1 heterocycles. The van der Waals surface area contributed by atoms with Crippen LogP contribution in [0.15, 0.2) is 41.3 Å². The number of nitrogens with one attached hydrogen (secondary N) is 1. The van der Waals surface area contributed by atoms with Crippen LogP contribution >= 0.6 is 34.5 Å². The quantitative estimate of drug-likeness (QED) is 0.712. The van der Waals surface area contributed by atoms with Gasteiger partial charge in [-0.1, -0.05) is 40.6 Å². The molecule has 0 aliphatic rings. The summed E-state index contributed by atoms with van der Waals surface area (Å²) in [6, 6.07) is 9.22. The Morgan fingerprint density at radius 2 is 1.96 bits per heavy atom. The molecule has 0 atom stereocenters. The molecule has 5 nitrogen and oxygen atoms in total. The lowest BCUT2D eigenvalue weighted by Crippen LogP contribution is -2.12. The molecule has 0 saturated carbocycles. The SMILES string of the molecule is CS(=O)(=O)c1cccc(C(=O)Nc2nc3c(Cl)c(Cl)ccc3s2)c1. The fourth-order valence-corrected chi connectivity index (χ4v) is 3.98. The van der Waals surface area contributed by atoms with E-state index in [9.17, 15) is 13.2 Å². The van der Waals surface area contributed by atoms with Crippen molar-refractivity contribution in [2.45, 2.75) is 4.90 Å². The van der Waals surface area contributed by atoms with Crippen molar-refractivity contribution in [1.82, 2.24) is 4.98 Å². The number of nitrogens with zero attached hydrogens (tertiary/aromatic N) is 1. The van der Waals surface area contributed by atoms with Crippen LogP contribution < -0.4 is 5.32 Å². The molecule has 0 radical (unpaired) electrons. The summed E-state index contributed by atoms with van der Waals surface area (Å²) in [5, 5.41) is 3.70. The maximum absolute atomic E-state index is 12.3. The molecule has 0 aliphatic heterocycles. The number of amides is 1. The molecule has 2 aromatic carbocycles. The van der Waals surface area contributed by atoms with Crippen molar-refractivity contribution in [3.8, 4) is 0 Å². The molecule has 9 heteroatoms. The Hall–Kier alpha value is -1.67. The molecule has 124 valence electrons. The molecule has 1 amide bonds. The molecule has 3 aromatic rings. The first-order valence-electron chi connectivity index (χ1n) is 6.62. The number of anilines is 1. The van der Waals surface area contributed by atoms with E-state index in [0.717, 1.165) is 11.0 Å². The van der Waals surface area contributed by atoms with Crippen LogP contribution in [0.2, 0.25) is 10.0 Å². The third kappa shape index (κ3) is 3.39. The molecule has 1 N–H and O–H groups in total. The Morgan fingerprint density at radius 3 is 2.67 bits per heavy atom. The summed E-state index contributed by atoms with van der Waals surface area (Å²) >= 11 is 13.3. The van der Waals surface area contributed by atoms with Gasteiger partial charge in [0.05, 0.1) is 19.6 Å². The molecule has 0 aliphatic carbocycles. The fraction of sp³-hybridized carbons (Fsp3) is 0.0667. The molecule has 0 bridgehead atoms. The second kappa shape index (κ2) is 6.33. The van der Waals surface area contributed by atoms with Crippen LogP contribution in [0.3, 0.4) is 0 Å². The predicted octanol–water partition coefficient (Wildman–Crippen LogP) is 4.26. The zero-order chi connectivity index (χ0) is 17.5. The van der Waals surface area contributed by atoms with Crippen LogP contribution in [0.1, 0.15) is 10.4 Å². The highest BCUT2D eigenvalue weighted by Gasteiger charge is 2.15. The van der Waals surface area contributed by atoms with E-state index in [4.69, 9.17) is 23.2 Å². The van der Waals surface area contributed by atoms with E-state index in [0.29, 0.717) is 20.7 Å². The van der Waals surface area contributed by atoms with Crippen molar-refractivity contribution in [3.63, 3.8) is 0 Å². The number of fused-ring (bicyclic) bond motifs is 1. The first kappa shape index (κ1) is 17.2. The van der Waals surface area contributed by atoms with Gasteiger partial charge in [-0.2, -0.15) is 0 Å². The van der Waals surface area contributed by atoms with Gasteiger partial charge in [0.15, 0.2) is 15.0 Å². The van der Waals surface area contributed by atoms with Crippen LogP contribution in [0.4, 0.5) is 5.13 Å². The molecular formula is C15H10Cl2N2O3S2. The number of benzene rings is 2. The van der Waals surface area contributed by atoms with E-state index in [1.54, 1.807) is 12.1 Å². The summed E-state index contributed by atoms with van der Waals surface area (Å²) in [6.07, 6.45) is 1.09. The highest BCUT2D eigenvalue weighted by atomic mass is 35.5. The normalized spacial score (nSPS) is 11.6. The van der Waals surface area contributed by atoms with Crippen LogP contribution in [-0.4, -0.2) is 25.6 Å². The molecule has 24 heavy (non-hydrogen) atoms. The summed E-state index contributed by atoms with van der Waals surface area (Å²) < 4.78 is 23.9. The van der Waals surface area contributed by atoms with Gasteiger partial charge >= 0.3 is 0 Å². The van der Waals surface area contributed by atoms with Crippen LogP contribution in [0, 0.1) is 0 Å². The Morgan fingerprint density at radius 1 is 1.21 bits per heavy atom. The number of aromatic nitrogens is 1. The molecule has 3 rings (SSSR count). The Labute approximate surface area is 152 Å². The van der Waals surface area contributed by atoms with Crippen molar-refractivity contribution in [3.05, 3.63) is 52.0 Å². The van der Waals surface area contributed by atoms with Gasteiger partial charge in [-0.3, -0.25) is 10.1 Å². The van der Waals surface area contributed by atoms with Crippen LogP contribution in [0.25, 0.3) is 10.2 Å². The molecule has 0 unspecified atom stereocenters. The van der Waals surface area contributed by atoms with Gasteiger partial charge in [0.25, 0.3) is 5.91 Å². The maximum Gasteiger partial charge on any atom is 0.257 e. The van der Waals surface area contributed by atoms with Crippen molar-refractivity contribution in [2.24, 2.45) is 0 Å². The smallest absolute Gasteiger partial charge is 0.257 e. The fourth-order valence-electron chi connectivity index (χ4n) is 2.03. The van der Waals surface area contributed by atoms with E-state index in [1.165, 1.54) is 35.6 Å². The van der Waals surface area contributed by atoms with E-state index in [1.807, 2.05) is 0 Å². The Kier molecular flexibility index (Phi) is 4.52. The zero-order valence-electron chi connectivity index (χ0n) is 12.2.